The van der Waals surface area contributed by atoms with Crippen LogP contribution >= 0.6 is 11.3 Å². The number of carbonyl (C=O) groups excluding carboxylic acids is 1. The molecule has 0 radical (unpaired) electrons. The number of hydrogen-bond donors (Lipinski definition) is 1. The van der Waals surface area contributed by atoms with Gasteiger partial charge in [-0.1, -0.05) is 19.9 Å². The third-order valence-corrected chi connectivity index (χ3v) is 3.15. The van der Waals surface area contributed by atoms with Crippen LogP contribution < -0.4 is 5.32 Å². The summed E-state index contributed by atoms with van der Waals surface area (Å²) in [7, 11) is 1.86. The van der Waals surface area contributed by atoms with E-state index in [2.05, 4.69) is 25.2 Å². The summed E-state index contributed by atoms with van der Waals surface area (Å²) in [6.07, 6.45) is 0.569. The first-order chi connectivity index (χ1) is 7.59. The molecule has 1 N–H and O–H groups in total. The lowest BCUT2D eigenvalue weighted by Crippen LogP contribution is -2.31. The van der Waals surface area contributed by atoms with Gasteiger partial charge in [-0.05, 0) is 11.4 Å². The smallest absolute Gasteiger partial charge is 0.223 e. The molecule has 1 aromatic heterocycles. The fourth-order valence-corrected chi connectivity index (χ4v) is 2.14. The highest BCUT2D eigenvalue weighted by Gasteiger charge is 2.09. The predicted octanol–water partition coefficient (Wildman–Crippen LogP) is 2.09. The van der Waals surface area contributed by atoms with Crippen molar-refractivity contribution in [2.24, 2.45) is 0 Å². The molecule has 0 bridgehead atoms. The first-order valence-corrected chi connectivity index (χ1v) is 6.47. The number of amides is 1. The van der Waals surface area contributed by atoms with Gasteiger partial charge in [0.25, 0.3) is 0 Å². The monoisotopic (exact) mass is 240 g/mol. The van der Waals surface area contributed by atoms with Gasteiger partial charge >= 0.3 is 0 Å². The van der Waals surface area contributed by atoms with E-state index >= 15 is 0 Å². The van der Waals surface area contributed by atoms with Crippen LogP contribution in [0.25, 0.3) is 0 Å². The zero-order valence-corrected chi connectivity index (χ0v) is 11.0. The molecule has 0 unspecified atom stereocenters. The van der Waals surface area contributed by atoms with E-state index in [9.17, 15) is 4.79 Å². The molecular weight excluding hydrogens is 220 g/mol. The quantitative estimate of drug-likeness (QED) is 0.826. The largest absolute Gasteiger partial charge is 0.341 e. The summed E-state index contributed by atoms with van der Waals surface area (Å²) in [5.74, 6) is 0.196. The van der Waals surface area contributed by atoms with Gasteiger partial charge in [-0.2, -0.15) is 0 Å². The maximum Gasteiger partial charge on any atom is 0.223 e. The van der Waals surface area contributed by atoms with Crippen molar-refractivity contribution in [2.75, 3.05) is 13.6 Å². The van der Waals surface area contributed by atoms with Crippen molar-refractivity contribution in [2.45, 2.75) is 32.9 Å². The Kier molecular flexibility index (Phi) is 5.49. The third-order valence-electron chi connectivity index (χ3n) is 2.29. The van der Waals surface area contributed by atoms with Gasteiger partial charge < -0.3 is 10.2 Å². The summed E-state index contributed by atoms with van der Waals surface area (Å²) in [4.78, 5) is 14.8. The van der Waals surface area contributed by atoms with E-state index in [-0.39, 0.29) is 5.91 Å². The molecule has 16 heavy (non-hydrogen) atoms. The fourth-order valence-electron chi connectivity index (χ4n) is 1.38. The van der Waals surface area contributed by atoms with E-state index < -0.39 is 0 Å². The Bertz CT molecular complexity index is 309. The second-order valence-corrected chi connectivity index (χ2v) is 5.22. The fraction of sp³-hybridized carbons (Fsp3) is 0.583. The van der Waals surface area contributed by atoms with Crippen LogP contribution in [-0.2, 0) is 11.3 Å². The number of nitrogens with one attached hydrogen (secondary N) is 1. The summed E-state index contributed by atoms with van der Waals surface area (Å²) in [6.45, 7) is 5.64. The van der Waals surface area contributed by atoms with E-state index in [1.54, 1.807) is 16.2 Å². The summed E-state index contributed by atoms with van der Waals surface area (Å²) in [5, 5.41) is 5.28. The zero-order chi connectivity index (χ0) is 12.0. The first-order valence-electron chi connectivity index (χ1n) is 5.59. The Morgan fingerprint density at radius 2 is 2.31 bits per heavy atom. The first kappa shape index (κ1) is 13.2. The van der Waals surface area contributed by atoms with Crippen molar-refractivity contribution >= 4 is 17.2 Å². The van der Waals surface area contributed by atoms with Crippen molar-refractivity contribution in [3.05, 3.63) is 22.4 Å². The lowest BCUT2D eigenvalue weighted by atomic mass is 10.3. The minimum Gasteiger partial charge on any atom is -0.341 e. The highest BCUT2D eigenvalue weighted by molar-refractivity contribution is 7.09. The molecule has 0 aromatic carbocycles. The van der Waals surface area contributed by atoms with Crippen LogP contribution in [-0.4, -0.2) is 30.4 Å². The van der Waals surface area contributed by atoms with Crippen molar-refractivity contribution < 1.29 is 4.79 Å². The van der Waals surface area contributed by atoms with Crippen molar-refractivity contribution in [3.8, 4) is 0 Å². The molecule has 0 atom stereocenters. The maximum atomic E-state index is 11.7. The minimum atomic E-state index is 0.196. The predicted molar refractivity (Wildman–Crippen MR) is 68.5 cm³/mol. The molecular formula is C12H20N2OS. The number of carbonyl (C=O) groups is 1. The minimum absolute atomic E-state index is 0.196. The van der Waals surface area contributed by atoms with E-state index in [1.807, 2.05) is 18.5 Å². The molecule has 1 aromatic rings. The topological polar surface area (TPSA) is 32.3 Å². The van der Waals surface area contributed by atoms with Gasteiger partial charge in [-0.25, -0.2) is 0 Å². The van der Waals surface area contributed by atoms with Crippen LogP contribution in [0.15, 0.2) is 17.5 Å². The van der Waals surface area contributed by atoms with Crippen LogP contribution in [0.1, 0.15) is 25.1 Å². The Morgan fingerprint density at radius 1 is 1.56 bits per heavy atom. The van der Waals surface area contributed by atoms with Crippen molar-refractivity contribution in [3.63, 3.8) is 0 Å². The Hall–Kier alpha value is -0.870. The SMILES string of the molecule is CC(C)NCCC(=O)N(C)Cc1cccs1. The molecule has 1 rings (SSSR count). The summed E-state index contributed by atoms with van der Waals surface area (Å²) in [5.41, 5.74) is 0. The lowest BCUT2D eigenvalue weighted by molar-refractivity contribution is -0.130. The third kappa shape index (κ3) is 4.77. The Labute approximate surface area is 101 Å². The average Bonchev–Trinajstić information content (AvgIpc) is 2.69. The number of hydrogen-bond acceptors (Lipinski definition) is 3. The molecule has 0 saturated carbocycles. The van der Waals surface area contributed by atoms with Crippen molar-refractivity contribution in [1.29, 1.82) is 0 Å². The van der Waals surface area contributed by atoms with Crippen LogP contribution in [0, 0.1) is 0 Å². The normalized spacial score (nSPS) is 10.8. The molecule has 0 spiro atoms. The standard InChI is InChI=1S/C12H20N2OS/c1-10(2)13-7-6-12(15)14(3)9-11-5-4-8-16-11/h4-5,8,10,13H,6-7,9H2,1-3H3. The van der Waals surface area contributed by atoms with Gasteiger partial charge in [0, 0.05) is 30.9 Å². The van der Waals surface area contributed by atoms with Gasteiger partial charge in [0.1, 0.15) is 0 Å². The van der Waals surface area contributed by atoms with Crippen molar-refractivity contribution in [1.82, 2.24) is 10.2 Å². The van der Waals surface area contributed by atoms with Crippen LogP contribution in [0.3, 0.4) is 0 Å². The lowest BCUT2D eigenvalue weighted by Gasteiger charge is -2.16. The van der Waals surface area contributed by atoms with Crippen LogP contribution in [0.5, 0.6) is 0 Å². The molecule has 0 aliphatic rings. The Balaban J connectivity index is 2.25. The highest BCUT2D eigenvalue weighted by atomic mass is 32.1. The van der Waals surface area contributed by atoms with Gasteiger partial charge in [-0.3, -0.25) is 4.79 Å². The van der Waals surface area contributed by atoms with Gasteiger partial charge in [0.2, 0.25) is 5.91 Å². The van der Waals surface area contributed by atoms with Gasteiger partial charge in [-0.15, -0.1) is 11.3 Å². The molecule has 1 amide bonds. The molecule has 0 saturated heterocycles. The van der Waals surface area contributed by atoms with E-state index in [4.69, 9.17) is 0 Å². The summed E-state index contributed by atoms with van der Waals surface area (Å²) in [6, 6.07) is 4.51. The molecule has 3 nitrogen and oxygen atoms in total. The van der Waals surface area contributed by atoms with Crippen LogP contribution in [0.2, 0.25) is 0 Å². The van der Waals surface area contributed by atoms with Gasteiger partial charge in [0.15, 0.2) is 0 Å². The molecule has 0 aliphatic carbocycles. The number of nitrogens with zero attached hydrogens (tertiary/aromatic N) is 1. The van der Waals surface area contributed by atoms with E-state index in [0.29, 0.717) is 12.5 Å². The maximum absolute atomic E-state index is 11.7. The van der Waals surface area contributed by atoms with E-state index in [0.717, 1.165) is 13.1 Å². The summed E-state index contributed by atoms with van der Waals surface area (Å²) >= 11 is 1.69. The number of rotatable bonds is 6. The summed E-state index contributed by atoms with van der Waals surface area (Å²) < 4.78 is 0. The Morgan fingerprint density at radius 3 is 2.88 bits per heavy atom. The highest BCUT2D eigenvalue weighted by Crippen LogP contribution is 2.11. The molecule has 90 valence electrons. The van der Waals surface area contributed by atoms with E-state index in [1.165, 1.54) is 4.88 Å². The zero-order valence-electron chi connectivity index (χ0n) is 10.2. The molecule has 0 fully saturated rings. The van der Waals surface area contributed by atoms with Gasteiger partial charge in [0.05, 0.1) is 6.54 Å². The average molecular weight is 240 g/mol. The van der Waals surface area contributed by atoms with Crippen LogP contribution in [0.4, 0.5) is 0 Å². The molecule has 0 aliphatic heterocycles. The second kappa shape index (κ2) is 6.66. The number of thiophene rings is 1. The second-order valence-electron chi connectivity index (χ2n) is 4.19. The molecule has 1 heterocycles. The molecule has 4 heteroatoms.